The van der Waals surface area contributed by atoms with Crippen molar-refractivity contribution in [3.8, 4) is 5.75 Å². The van der Waals surface area contributed by atoms with E-state index in [4.69, 9.17) is 9.15 Å². The molecule has 2 amide bonds. The number of furan rings is 1. The first-order valence-corrected chi connectivity index (χ1v) is 9.43. The first-order chi connectivity index (χ1) is 13.1. The summed E-state index contributed by atoms with van der Waals surface area (Å²) in [7, 11) is 1.63. The van der Waals surface area contributed by atoms with Crippen molar-refractivity contribution in [2.45, 2.75) is 12.0 Å². The van der Waals surface area contributed by atoms with E-state index >= 15 is 0 Å². The molecule has 3 aromatic rings. The third kappa shape index (κ3) is 4.69. The van der Waals surface area contributed by atoms with Crippen molar-refractivity contribution in [1.82, 2.24) is 10.6 Å². The second-order valence-electron chi connectivity index (χ2n) is 6.06. The van der Waals surface area contributed by atoms with Crippen molar-refractivity contribution in [1.29, 1.82) is 0 Å². The summed E-state index contributed by atoms with van der Waals surface area (Å²) in [5, 5.41) is 18.6. The first-order valence-electron chi connectivity index (χ1n) is 8.55. The second-order valence-corrected chi connectivity index (χ2v) is 7.00. The summed E-state index contributed by atoms with van der Waals surface area (Å²) in [5.41, 5.74) is 0.377. The number of benzene rings is 1. The van der Waals surface area contributed by atoms with Gasteiger partial charge in [-0.05, 0) is 41.6 Å². The molecule has 0 bridgehead atoms. The molecule has 3 rings (SSSR count). The van der Waals surface area contributed by atoms with E-state index in [1.807, 2.05) is 41.8 Å². The lowest BCUT2D eigenvalue weighted by Gasteiger charge is -2.26. The maximum absolute atomic E-state index is 12.1. The zero-order chi connectivity index (χ0) is 19.1. The zero-order valence-corrected chi connectivity index (χ0v) is 15.8. The Labute approximate surface area is 161 Å². The SMILES string of the molecule is COc1ccc(CCNC(=O)NC[C@@](O)(c2ccoc2)c2cccs2)cc1. The van der Waals surface area contributed by atoms with Gasteiger partial charge in [0.05, 0.1) is 26.2 Å². The number of hydrogen-bond acceptors (Lipinski definition) is 5. The average molecular weight is 386 g/mol. The molecule has 1 atom stereocenters. The number of ether oxygens (including phenoxy) is 1. The van der Waals surface area contributed by atoms with Gasteiger partial charge in [0.1, 0.15) is 11.4 Å². The van der Waals surface area contributed by atoms with Gasteiger partial charge in [-0.1, -0.05) is 18.2 Å². The number of hydrogen-bond donors (Lipinski definition) is 3. The summed E-state index contributed by atoms with van der Waals surface area (Å²) in [4.78, 5) is 12.9. The van der Waals surface area contributed by atoms with Gasteiger partial charge in [-0.25, -0.2) is 4.79 Å². The Morgan fingerprint density at radius 1 is 1.22 bits per heavy atom. The van der Waals surface area contributed by atoms with Crippen LogP contribution >= 0.6 is 11.3 Å². The Kier molecular flexibility index (Phi) is 6.16. The van der Waals surface area contributed by atoms with Gasteiger partial charge in [0.2, 0.25) is 0 Å². The van der Waals surface area contributed by atoms with Gasteiger partial charge in [-0.3, -0.25) is 0 Å². The lowest BCUT2D eigenvalue weighted by Crippen LogP contribution is -2.45. The number of carbonyl (C=O) groups is 1. The molecule has 0 fully saturated rings. The zero-order valence-electron chi connectivity index (χ0n) is 15.0. The van der Waals surface area contributed by atoms with E-state index in [-0.39, 0.29) is 12.6 Å². The summed E-state index contributed by atoms with van der Waals surface area (Å²) in [6.07, 6.45) is 3.69. The molecule has 0 aliphatic carbocycles. The van der Waals surface area contributed by atoms with Crippen molar-refractivity contribution in [2.75, 3.05) is 20.2 Å². The largest absolute Gasteiger partial charge is 0.497 e. The molecule has 0 radical (unpaired) electrons. The van der Waals surface area contributed by atoms with Crippen LogP contribution in [0.4, 0.5) is 4.79 Å². The highest BCUT2D eigenvalue weighted by atomic mass is 32.1. The third-order valence-electron chi connectivity index (χ3n) is 4.29. The van der Waals surface area contributed by atoms with Crippen molar-refractivity contribution in [2.24, 2.45) is 0 Å². The minimum Gasteiger partial charge on any atom is -0.497 e. The Morgan fingerprint density at radius 2 is 2.04 bits per heavy atom. The van der Waals surface area contributed by atoms with Gasteiger partial charge in [0.25, 0.3) is 0 Å². The van der Waals surface area contributed by atoms with Crippen LogP contribution < -0.4 is 15.4 Å². The van der Waals surface area contributed by atoms with Gasteiger partial charge in [-0.2, -0.15) is 0 Å². The van der Waals surface area contributed by atoms with Crippen LogP contribution in [0.2, 0.25) is 0 Å². The molecule has 0 spiro atoms. The molecule has 1 aromatic carbocycles. The number of thiophene rings is 1. The highest BCUT2D eigenvalue weighted by Crippen LogP contribution is 2.32. The monoisotopic (exact) mass is 386 g/mol. The Bertz CT molecular complexity index is 795. The van der Waals surface area contributed by atoms with Gasteiger partial charge < -0.3 is 24.9 Å². The highest BCUT2D eigenvalue weighted by molar-refractivity contribution is 7.10. The van der Waals surface area contributed by atoms with E-state index in [1.165, 1.54) is 23.9 Å². The maximum Gasteiger partial charge on any atom is 0.314 e. The van der Waals surface area contributed by atoms with E-state index in [1.54, 1.807) is 13.2 Å². The molecular formula is C20H22N2O4S. The third-order valence-corrected chi connectivity index (χ3v) is 5.31. The molecule has 7 heteroatoms. The summed E-state index contributed by atoms with van der Waals surface area (Å²) in [6, 6.07) is 12.8. The number of aliphatic hydroxyl groups is 1. The maximum atomic E-state index is 12.1. The molecule has 0 unspecified atom stereocenters. The first kappa shape index (κ1) is 19.0. The normalized spacial score (nSPS) is 13.0. The standard InChI is InChI=1S/C20H22N2O4S/c1-25-17-6-4-15(5-7-17)8-10-21-19(23)22-14-20(24,16-9-11-26-13-16)18-3-2-12-27-18/h2-7,9,11-13,24H,8,10,14H2,1H3,(H2,21,22,23)/t20-/m1/s1. The van der Waals surface area contributed by atoms with Crippen LogP contribution in [0.3, 0.4) is 0 Å². The number of carbonyl (C=O) groups excluding carboxylic acids is 1. The van der Waals surface area contributed by atoms with Crippen molar-refractivity contribution in [3.05, 3.63) is 76.4 Å². The molecule has 6 nitrogen and oxygen atoms in total. The Balaban J connectivity index is 1.52. The fourth-order valence-electron chi connectivity index (χ4n) is 2.73. The van der Waals surface area contributed by atoms with Crippen molar-refractivity contribution >= 4 is 17.4 Å². The van der Waals surface area contributed by atoms with E-state index in [0.29, 0.717) is 18.5 Å². The molecule has 2 aromatic heterocycles. The Morgan fingerprint density at radius 3 is 2.67 bits per heavy atom. The molecule has 3 N–H and O–H groups in total. The fourth-order valence-corrected chi connectivity index (χ4v) is 3.57. The topological polar surface area (TPSA) is 83.7 Å². The van der Waals surface area contributed by atoms with Gasteiger partial charge in [0, 0.05) is 17.0 Å². The van der Waals surface area contributed by atoms with E-state index in [2.05, 4.69) is 10.6 Å². The quantitative estimate of drug-likeness (QED) is 0.555. The predicted octanol–water partition coefficient (Wildman–Crippen LogP) is 3.13. The second kappa shape index (κ2) is 8.75. The van der Waals surface area contributed by atoms with Gasteiger partial charge >= 0.3 is 6.03 Å². The molecule has 0 saturated heterocycles. The van der Waals surface area contributed by atoms with Crippen LogP contribution in [0.25, 0.3) is 0 Å². The number of methoxy groups -OCH3 is 1. The number of amides is 2. The van der Waals surface area contributed by atoms with Crippen LogP contribution in [0.1, 0.15) is 16.0 Å². The fraction of sp³-hybridized carbons (Fsp3) is 0.250. The number of urea groups is 1. The van der Waals surface area contributed by atoms with Crippen molar-refractivity contribution < 1.29 is 19.1 Å². The van der Waals surface area contributed by atoms with Gasteiger partial charge in [0.15, 0.2) is 0 Å². The molecule has 0 aliphatic heterocycles. The predicted molar refractivity (Wildman–Crippen MR) is 104 cm³/mol. The minimum absolute atomic E-state index is 0.0431. The molecule has 27 heavy (non-hydrogen) atoms. The van der Waals surface area contributed by atoms with Crippen LogP contribution in [0.5, 0.6) is 5.75 Å². The van der Waals surface area contributed by atoms with E-state index in [0.717, 1.165) is 16.2 Å². The summed E-state index contributed by atoms with van der Waals surface area (Å²) < 4.78 is 10.2. The minimum atomic E-state index is -1.32. The number of nitrogens with one attached hydrogen (secondary N) is 2. The molecule has 0 aliphatic rings. The van der Waals surface area contributed by atoms with E-state index < -0.39 is 5.60 Å². The highest BCUT2D eigenvalue weighted by Gasteiger charge is 2.34. The van der Waals surface area contributed by atoms with Crippen molar-refractivity contribution in [3.63, 3.8) is 0 Å². The average Bonchev–Trinajstić information content (AvgIpc) is 3.41. The number of rotatable bonds is 8. The van der Waals surface area contributed by atoms with Crippen LogP contribution in [0, 0.1) is 0 Å². The smallest absolute Gasteiger partial charge is 0.314 e. The van der Waals surface area contributed by atoms with Crippen LogP contribution in [0.15, 0.2) is 64.8 Å². The Hall–Kier alpha value is -2.77. The summed E-state index contributed by atoms with van der Waals surface area (Å²) in [6.45, 7) is 0.530. The molecular weight excluding hydrogens is 364 g/mol. The lowest BCUT2D eigenvalue weighted by atomic mass is 9.94. The lowest BCUT2D eigenvalue weighted by molar-refractivity contribution is 0.0852. The van der Waals surface area contributed by atoms with Crippen LogP contribution in [-0.4, -0.2) is 31.3 Å². The molecule has 142 valence electrons. The molecule has 0 saturated carbocycles. The molecule has 2 heterocycles. The van der Waals surface area contributed by atoms with E-state index in [9.17, 15) is 9.90 Å². The van der Waals surface area contributed by atoms with Gasteiger partial charge in [-0.15, -0.1) is 11.3 Å². The van der Waals surface area contributed by atoms with Crippen LogP contribution in [-0.2, 0) is 12.0 Å². The summed E-state index contributed by atoms with van der Waals surface area (Å²) in [5.74, 6) is 0.802. The summed E-state index contributed by atoms with van der Waals surface area (Å²) >= 11 is 1.42.